The van der Waals surface area contributed by atoms with Gasteiger partial charge in [0.25, 0.3) is 0 Å². The van der Waals surface area contributed by atoms with E-state index in [0.29, 0.717) is 16.0 Å². The van der Waals surface area contributed by atoms with Crippen LogP contribution >= 0.6 is 45.5 Å². The maximum absolute atomic E-state index is 13.4. The second-order valence-corrected chi connectivity index (χ2v) is 6.62. The highest BCUT2D eigenvalue weighted by Gasteiger charge is 2.37. The molecule has 3 nitrogen and oxygen atoms in total. The van der Waals surface area contributed by atoms with Crippen molar-refractivity contribution in [2.45, 2.75) is 6.18 Å². The zero-order chi connectivity index (χ0) is 16.7. The fourth-order valence-electron chi connectivity index (χ4n) is 1.85. The van der Waals surface area contributed by atoms with Gasteiger partial charge in [0.1, 0.15) is 0 Å². The van der Waals surface area contributed by atoms with Crippen molar-refractivity contribution >= 4 is 57.2 Å². The van der Waals surface area contributed by atoms with Crippen LogP contribution in [0.4, 0.5) is 18.9 Å². The summed E-state index contributed by atoms with van der Waals surface area (Å²) in [5, 5.41) is 1.86. The maximum atomic E-state index is 13.4. The molecule has 0 atom stereocenters. The summed E-state index contributed by atoms with van der Waals surface area (Å²) in [6.07, 6.45) is -4.65. The van der Waals surface area contributed by atoms with E-state index in [4.69, 9.17) is 17.3 Å². The Bertz CT molecular complexity index is 746. The largest absolute Gasteiger partial charge is 0.465 e. The number of alkyl halides is 3. The van der Waals surface area contributed by atoms with Crippen LogP contribution in [0, 0.1) is 3.57 Å². The van der Waals surface area contributed by atoms with E-state index < -0.39 is 17.7 Å². The zero-order valence-corrected chi connectivity index (χ0v) is 14.7. The molecular weight excluding hydrogens is 454 g/mol. The van der Waals surface area contributed by atoms with Gasteiger partial charge in [-0.1, -0.05) is 11.6 Å². The third-order valence-corrected chi connectivity index (χ3v) is 5.24. The number of nitrogen functional groups attached to an aromatic ring is 1. The number of rotatable bonds is 2. The van der Waals surface area contributed by atoms with Crippen LogP contribution in [0.1, 0.15) is 15.9 Å². The number of carbonyl (C=O) groups excluding carboxylic acids is 1. The van der Waals surface area contributed by atoms with Gasteiger partial charge < -0.3 is 10.5 Å². The molecule has 118 valence electrons. The number of hydrogen-bond acceptors (Lipinski definition) is 4. The van der Waals surface area contributed by atoms with Crippen molar-refractivity contribution in [3.63, 3.8) is 0 Å². The minimum absolute atomic E-state index is 0.0556. The maximum Gasteiger partial charge on any atom is 0.417 e. The first-order valence-corrected chi connectivity index (χ1v) is 8.02. The minimum Gasteiger partial charge on any atom is -0.465 e. The molecule has 2 N–H and O–H groups in total. The van der Waals surface area contributed by atoms with Crippen molar-refractivity contribution < 1.29 is 22.7 Å². The van der Waals surface area contributed by atoms with Crippen LogP contribution < -0.4 is 5.73 Å². The molecule has 0 fully saturated rings. The minimum atomic E-state index is -4.65. The Hall–Kier alpha value is -1.00. The molecule has 0 saturated heterocycles. The number of anilines is 1. The molecule has 22 heavy (non-hydrogen) atoms. The van der Waals surface area contributed by atoms with Crippen LogP contribution in [0.3, 0.4) is 0 Å². The Labute approximate surface area is 146 Å². The van der Waals surface area contributed by atoms with Crippen molar-refractivity contribution in [1.82, 2.24) is 0 Å². The summed E-state index contributed by atoms with van der Waals surface area (Å²) in [4.78, 5) is 12.0. The second-order valence-electron chi connectivity index (χ2n) is 4.19. The van der Waals surface area contributed by atoms with E-state index >= 15 is 0 Å². The van der Waals surface area contributed by atoms with Gasteiger partial charge in [0.05, 0.1) is 28.9 Å². The van der Waals surface area contributed by atoms with Gasteiger partial charge in [-0.05, 0) is 34.7 Å². The quantitative estimate of drug-likeness (QED) is 0.386. The third-order valence-electron chi connectivity index (χ3n) is 2.83. The van der Waals surface area contributed by atoms with E-state index in [0.717, 1.165) is 18.4 Å². The molecular formula is C13H8ClF3INO2S. The highest BCUT2D eigenvalue weighted by molar-refractivity contribution is 14.1. The predicted molar refractivity (Wildman–Crippen MR) is 88.2 cm³/mol. The number of thiophene rings is 1. The highest BCUT2D eigenvalue weighted by atomic mass is 127. The summed E-state index contributed by atoms with van der Waals surface area (Å²) >= 11 is 8.55. The molecule has 0 spiro atoms. The van der Waals surface area contributed by atoms with Gasteiger partial charge in [0.15, 0.2) is 0 Å². The molecule has 0 aliphatic carbocycles. The van der Waals surface area contributed by atoms with Gasteiger partial charge in [0.2, 0.25) is 0 Å². The molecule has 0 amide bonds. The molecule has 2 rings (SSSR count). The lowest BCUT2D eigenvalue weighted by Crippen LogP contribution is -2.14. The summed E-state index contributed by atoms with van der Waals surface area (Å²) in [5.41, 5.74) is 4.40. The molecule has 0 bridgehead atoms. The predicted octanol–water partition coefficient (Wildman–Crippen LogP) is 5.06. The summed E-state index contributed by atoms with van der Waals surface area (Å²) in [6, 6.07) is 2.14. The lowest BCUT2D eigenvalue weighted by molar-refractivity contribution is -0.137. The summed E-state index contributed by atoms with van der Waals surface area (Å²) in [6.45, 7) is 0. The van der Waals surface area contributed by atoms with Crippen molar-refractivity contribution in [3.05, 3.63) is 37.2 Å². The highest BCUT2D eigenvalue weighted by Crippen LogP contribution is 2.45. The van der Waals surface area contributed by atoms with E-state index in [1.165, 1.54) is 11.4 Å². The van der Waals surface area contributed by atoms with Crippen LogP contribution in [0.25, 0.3) is 10.4 Å². The van der Waals surface area contributed by atoms with Crippen molar-refractivity contribution in [3.8, 4) is 10.4 Å². The Kier molecular flexibility index (Phi) is 4.93. The van der Waals surface area contributed by atoms with Crippen LogP contribution in [0.15, 0.2) is 17.5 Å². The normalized spacial score (nSPS) is 11.5. The number of hydrogen-bond donors (Lipinski definition) is 1. The second kappa shape index (κ2) is 6.25. The number of carbonyl (C=O) groups is 1. The van der Waals surface area contributed by atoms with Crippen molar-refractivity contribution in [2.24, 2.45) is 0 Å². The van der Waals surface area contributed by atoms with Crippen LogP contribution in [0.2, 0.25) is 5.02 Å². The molecule has 0 aliphatic heterocycles. The van der Waals surface area contributed by atoms with E-state index in [-0.39, 0.29) is 20.4 Å². The molecule has 0 radical (unpaired) electrons. The first-order chi connectivity index (χ1) is 10.2. The Morgan fingerprint density at radius 1 is 1.41 bits per heavy atom. The average Bonchev–Trinajstić information content (AvgIpc) is 2.85. The molecule has 9 heteroatoms. The number of benzene rings is 1. The lowest BCUT2D eigenvalue weighted by Gasteiger charge is -2.17. The first-order valence-electron chi connectivity index (χ1n) is 5.68. The summed E-state index contributed by atoms with van der Waals surface area (Å²) < 4.78 is 44.7. The molecule has 2 aromatic rings. The molecule has 1 heterocycles. The molecule has 1 aromatic heterocycles. The van der Waals surface area contributed by atoms with Gasteiger partial charge in [-0.15, -0.1) is 11.3 Å². The summed E-state index contributed by atoms with van der Waals surface area (Å²) in [5.74, 6) is -0.920. The molecule has 0 unspecified atom stereocenters. The Morgan fingerprint density at radius 3 is 2.50 bits per heavy atom. The number of methoxy groups -OCH3 is 1. The monoisotopic (exact) mass is 461 g/mol. The SMILES string of the molecule is COC(=O)c1cc(C(F)(F)F)c(-c2cc(Cl)cs2)c(I)c1N. The summed E-state index contributed by atoms with van der Waals surface area (Å²) in [7, 11) is 1.08. The number of halogens is 5. The zero-order valence-electron chi connectivity index (χ0n) is 10.9. The average molecular weight is 462 g/mol. The third kappa shape index (κ3) is 3.18. The van der Waals surface area contributed by atoms with Crippen LogP contribution in [-0.4, -0.2) is 13.1 Å². The number of esters is 1. The molecule has 0 aliphatic rings. The standard InChI is InChI=1S/C13H8ClF3INO2S/c1-21-12(20)6-3-7(13(15,16)17)9(10(18)11(6)19)8-2-5(14)4-22-8/h2-4H,19H2,1H3. The van der Waals surface area contributed by atoms with Crippen LogP contribution in [-0.2, 0) is 10.9 Å². The van der Waals surface area contributed by atoms with Crippen molar-refractivity contribution in [2.75, 3.05) is 12.8 Å². The van der Waals surface area contributed by atoms with Gasteiger partial charge >= 0.3 is 12.1 Å². The topological polar surface area (TPSA) is 52.3 Å². The fraction of sp³-hybridized carbons (Fsp3) is 0.154. The number of nitrogens with two attached hydrogens (primary N) is 1. The van der Waals surface area contributed by atoms with Gasteiger partial charge in [-0.2, -0.15) is 13.2 Å². The van der Waals surface area contributed by atoms with Gasteiger partial charge in [0, 0.05) is 19.4 Å². The van der Waals surface area contributed by atoms with Crippen LogP contribution in [0.5, 0.6) is 0 Å². The Morgan fingerprint density at radius 2 is 2.05 bits per heavy atom. The first kappa shape index (κ1) is 17.4. The van der Waals surface area contributed by atoms with E-state index in [1.54, 1.807) is 22.6 Å². The van der Waals surface area contributed by atoms with Gasteiger partial charge in [-0.3, -0.25) is 0 Å². The van der Waals surface area contributed by atoms with E-state index in [2.05, 4.69) is 4.74 Å². The van der Waals surface area contributed by atoms with E-state index in [9.17, 15) is 18.0 Å². The van der Waals surface area contributed by atoms with E-state index in [1.807, 2.05) is 0 Å². The lowest BCUT2D eigenvalue weighted by atomic mass is 10.00. The molecule has 1 aromatic carbocycles. The fourth-order valence-corrected chi connectivity index (χ4v) is 4.05. The molecule has 0 saturated carbocycles. The van der Waals surface area contributed by atoms with Crippen molar-refractivity contribution in [1.29, 1.82) is 0 Å². The smallest absolute Gasteiger partial charge is 0.417 e. The number of ether oxygens (including phenoxy) is 1. The Balaban J connectivity index is 2.83. The van der Waals surface area contributed by atoms with Gasteiger partial charge in [-0.25, -0.2) is 4.79 Å².